The van der Waals surface area contributed by atoms with Gasteiger partial charge in [-0.15, -0.1) is 18.2 Å². The van der Waals surface area contributed by atoms with Crippen LogP contribution in [0.3, 0.4) is 0 Å². The fraction of sp³-hybridized carbons (Fsp3) is 0.556. The van der Waals surface area contributed by atoms with E-state index in [-0.39, 0.29) is 11.9 Å². The molecule has 14 heavy (non-hydrogen) atoms. The average Bonchev–Trinajstić information content (AvgIpc) is 2.15. The summed E-state index contributed by atoms with van der Waals surface area (Å²) in [5.74, 6) is 3.79. The Morgan fingerprint density at radius 2 is 2.36 bits per heavy atom. The van der Waals surface area contributed by atoms with Gasteiger partial charge in [-0.05, 0) is 0 Å². The number of hydrogen-bond donors (Lipinski definition) is 1. The highest BCUT2D eigenvalue weighted by Crippen LogP contribution is 2.04. The van der Waals surface area contributed by atoms with Gasteiger partial charge in [-0.1, -0.05) is 5.92 Å². The van der Waals surface area contributed by atoms with E-state index in [4.69, 9.17) is 6.42 Å². The normalized spacial score (nSPS) is 16.4. The van der Waals surface area contributed by atoms with Gasteiger partial charge < -0.3 is 4.90 Å². The van der Waals surface area contributed by atoms with E-state index >= 15 is 0 Å². The van der Waals surface area contributed by atoms with Gasteiger partial charge in [0.05, 0.1) is 5.75 Å². The minimum atomic E-state index is -0.289. The van der Waals surface area contributed by atoms with Gasteiger partial charge >= 0.3 is 6.03 Å². The van der Waals surface area contributed by atoms with Crippen molar-refractivity contribution in [1.82, 2.24) is 10.2 Å². The van der Waals surface area contributed by atoms with Crippen LogP contribution in [-0.2, 0) is 4.79 Å². The lowest BCUT2D eigenvalue weighted by Crippen LogP contribution is -2.50. The van der Waals surface area contributed by atoms with Gasteiger partial charge in [0.1, 0.15) is 0 Å². The summed E-state index contributed by atoms with van der Waals surface area (Å²) in [6, 6.07) is -0.289. The van der Waals surface area contributed by atoms with Gasteiger partial charge in [-0.3, -0.25) is 10.1 Å². The van der Waals surface area contributed by atoms with Crippen molar-refractivity contribution in [1.29, 1.82) is 0 Å². The summed E-state index contributed by atoms with van der Waals surface area (Å²) in [4.78, 5) is 23.6. The van der Waals surface area contributed by atoms with E-state index in [1.54, 1.807) is 16.7 Å². The van der Waals surface area contributed by atoms with Crippen molar-refractivity contribution in [2.45, 2.75) is 6.42 Å². The molecular weight excluding hydrogens is 200 g/mol. The fourth-order valence-corrected chi connectivity index (χ4v) is 1.73. The summed E-state index contributed by atoms with van der Waals surface area (Å²) in [6.45, 7) is 1.16. The number of carbonyl (C=O) groups is 2. The van der Waals surface area contributed by atoms with E-state index in [0.29, 0.717) is 25.3 Å². The minimum Gasteiger partial charge on any atom is -0.323 e. The molecule has 1 N–H and O–H groups in total. The first-order valence-electron chi connectivity index (χ1n) is 4.34. The van der Waals surface area contributed by atoms with Crippen LogP contribution < -0.4 is 5.32 Å². The molecule has 0 radical (unpaired) electrons. The Kier molecular flexibility index (Phi) is 4.33. The molecule has 1 aliphatic heterocycles. The predicted molar refractivity (Wildman–Crippen MR) is 55.9 cm³/mol. The molecule has 0 saturated carbocycles. The largest absolute Gasteiger partial charge is 0.324 e. The Hall–Kier alpha value is -1.15. The Morgan fingerprint density at radius 1 is 1.57 bits per heavy atom. The third-order valence-corrected chi connectivity index (χ3v) is 2.68. The summed E-state index contributed by atoms with van der Waals surface area (Å²) in [6.07, 6.45) is 5.48. The van der Waals surface area contributed by atoms with Crippen LogP contribution in [0.2, 0.25) is 0 Å². The number of hydrogen-bond acceptors (Lipinski definition) is 3. The maximum atomic E-state index is 11.2. The summed E-state index contributed by atoms with van der Waals surface area (Å²) >= 11 is 1.61. The molecule has 0 atom stereocenters. The number of nitrogens with one attached hydrogen (secondary N) is 1. The van der Waals surface area contributed by atoms with Crippen LogP contribution in [-0.4, -0.2) is 41.4 Å². The van der Waals surface area contributed by atoms with Gasteiger partial charge in [0.15, 0.2) is 0 Å². The first kappa shape index (κ1) is 10.9. The molecule has 0 aromatic rings. The number of amides is 3. The van der Waals surface area contributed by atoms with Crippen molar-refractivity contribution in [3.8, 4) is 12.3 Å². The zero-order valence-corrected chi connectivity index (χ0v) is 8.60. The maximum absolute atomic E-state index is 11.2. The molecule has 0 aliphatic carbocycles. The van der Waals surface area contributed by atoms with Crippen LogP contribution in [0.1, 0.15) is 6.42 Å². The van der Waals surface area contributed by atoms with Gasteiger partial charge in [-0.25, -0.2) is 4.79 Å². The first-order valence-corrected chi connectivity index (χ1v) is 5.49. The van der Waals surface area contributed by atoms with Crippen molar-refractivity contribution in [2.24, 2.45) is 0 Å². The number of urea groups is 1. The molecule has 5 heteroatoms. The minimum absolute atomic E-state index is 0.192. The summed E-state index contributed by atoms with van der Waals surface area (Å²) in [5, 5.41) is 2.27. The van der Waals surface area contributed by atoms with Crippen LogP contribution in [0.5, 0.6) is 0 Å². The SMILES string of the molecule is C#CCSCCN1CCC(=O)NC1=O. The summed E-state index contributed by atoms with van der Waals surface area (Å²) < 4.78 is 0. The third-order valence-electron chi connectivity index (χ3n) is 1.83. The number of carbonyl (C=O) groups excluding carboxylic acids is 2. The Balaban J connectivity index is 2.21. The molecule has 0 bridgehead atoms. The van der Waals surface area contributed by atoms with Crippen LogP contribution >= 0.6 is 11.8 Å². The maximum Gasteiger partial charge on any atom is 0.324 e. The highest BCUT2D eigenvalue weighted by atomic mass is 32.2. The molecule has 1 rings (SSSR count). The number of imide groups is 1. The molecule has 0 aromatic carbocycles. The lowest BCUT2D eigenvalue weighted by atomic mass is 10.3. The highest BCUT2D eigenvalue weighted by Gasteiger charge is 2.21. The predicted octanol–water partition coefficient (Wildman–Crippen LogP) is 0.295. The van der Waals surface area contributed by atoms with Crippen LogP contribution in [0.15, 0.2) is 0 Å². The van der Waals surface area contributed by atoms with Gasteiger partial charge in [0, 0.05) is 25.3 Å². The smallest absolute Gasteiger partial charge is 0.323 e. The second-order valence-corrected chi connectivity index (χ2v) is 3.95. The molecule has 76 valence electrons. The van der Waals surface area contributed by atoms with E-state index in [9.17, 15) is 9.59 Å². The lowest BCUT2D eigenvalue weighted by Gasteiger charge is -2.26. The van der Waals surface area contributed by atoms with Gasteiger partial charge in [0.2, 0.25) is 5.91 Å². The number of thioether (sulfide) groups is 1. The van der Waals surface area contributed by atoms with Crippen LogP contribution in [0, 0.1) is 12.3 Å². The van der Waals surface area contributed by atoms with Crippen LogP contribution in [0.25, 0.3) is 0 Å². The Labute approximate surface area is 87.4 Å². The van der Waals surface area contributed by atoms with Crippen molar-refractivity contribution < 1.29 is 9.59 Å². The number of terminal acetylenes is 1. The third kappa shape index (κ3) is 3.30. The second kappa shape index (κ2) is 5.55. The molecule has 4 nitrogen and oxygen atoms in total. The van der Waals surface area contributed by atoms with E-state index in [2.05, 4.69) is 11.2 Å². The highest BCUT2D eigenvalue weighted by molar-refractivity contribution is 7.99. The number of rotatable bonds is 4. The molecule has 1 fully saturated rings. The quantitative estimate of drug-likeness (QED) is 0.538. The van der Waals surface area contributed by atoms with E-state index < -0.39 is 0 Å². The Bertz CT molecular complexity index is 272. The van der Waals surface area contributed by atoms with Gasteiger partial charge in [-0.2, -0.15) is 0 Å². The molecule has 0 spiro atoms. The molecule has 1 heterocycles. The zero-order valence-electron chi connectivity index (χ0n) is 7.78. The van der Waals surface area contributed by atoms with Gasteiger partial charge in [0.25, 0.3) is 0 Å². The zero-order chi connectivity index (χ0) is 10.4. The molecule has 1 aliphatic rings. The van der Waals surface area contributed by atoms with E-state index in [1.165, 1.54) is 0 Å². The fourth-order valence-electron chi connectivity index (χ4n) is 1.12. The van der Waals surface area contributed by atoms with Crippen LogP contribution in [0.4, 0.5) is 4.79 Å². The molecule has 3 amide bonds. The van der Waals surface area contributed by atoms with E-state index in [1.807, 2.05) is 0 Å². The summed E-state index contributed by atoms with van der Waals surface area (Å²) in [5.41, 5.74) is 0. The average molecular weight is 212 g/mol. The van der Waals surface area contributed by atoms with Crippen molar-refractivity contribution in [2.75, 3.05) is 24.6 Å². The first-order chi connectivity index (χ1) is 6.74. The standard InChI is InChI=1S/C9H12N2O2S/c1-2-6-14-7-5-11-4-3-8(12)10-9(11)13/h1H,3-7H2,(H,10,12,13). The van der Waals surface area contributed by atoms with Crippen molar-refractivity contribution in [3.05, 3.63) is 0 Å². The molecular formula is C9H12N2O2S. The van der Waals surface area contributed by atoms with Crippen molar-refractivity contribution >= 4 is 23.7 Å². The Morgan fingerprint density at radius 3 is 3.00 bits per heavy atom. The lowest BCUT2D eigenvalue weighted by molar-refractivity contribution is -0.121. The number of nitrogens with zero attached hydrogens (tertiary/aromatic N) is 1. The van der Waals surface area contributed by atoms with E-state index in [0.717, 1.165) is 5.75 Å². The summed E-state index contributed by atoms with van der Waals surface area (Å²) in [7, 11) is 0. The van der Waals surface area contributed by atoms with Crippen molar-refractivity contribution in [3.63, 3.8) is 0 Å². The monoisotopic (exact) mass is 212 g/mol. The molecule has 1 saturated heterocycles. The molecule has 0 aromatic heterocycles. The molecule has 0 unspecified atom stereocenters. The topological polar surface area (TPSA) is 49.4 Å². The second-order valence-electron chi connectivity index (χ2n) is 2.85.